The maximum absolute atomic E-state index is 13.7. The number of nitrogens with zero attached hydrogens (tertiary/aromatic N) is 1. The average molecular weight is 301 g/mol. The van der Waals surface area contributed by atoms with Gasteiger partial charge >= 0.3 is 0 Å². The molecule has 0 saturated heterocycles. The Morgan fingerprint density at radius 3 is 2.55 bits per heavy atom. The molecule has 0 aromatic heterocycles. The van der Waals surface area contributed by atoms with Crippen LogP contribution in [0.15, 0.2) is 48.5 Å². The smallest absolute Gasteiger partial charge is 0.227 e. The van der Waals surface area contributed by atoms with Gasteiger partial charge in [-0.1, -0.05) is 30.3 Å². The molecule has 22 heavy (non-hydrogen) atoms. The Balaban J connectivity index is 1.74. The lowest BCUT2D eigenvalue weighted by molar-refractivity contribution is -0.131. The van der Waals surface area contributed by atoms with Crippen molar-refractivity contribution in [2.45, 2.75) is 31.8 Å². The Kier molecular flexibility index (Phi) is 4.18. The van der Waals surface area contributed by atoms with Crippen molar-refractivity contribution in [3.63, 3.8) is 0 Å². The molecule has 2 aromatic rings. The largest absolute Gasteiger partial charge is 0.335 e. The molecule has 2 aromatic carbocycles. The van der Waals surface area contributed by atoms with Gasteiger partial charge in [0.1, 0.15) is 11.6 Å². The predicted octanol–water partition coefficient (Wildman–Crippen LogP) is 3.70. The first-order valence-electron chi connectivity index (χ1n) is 7.41. The maximum Gasteiger partial charge on any atom is 0.227 e. The molecule has 0 radical (unpaired) electrons. The molecule has 4 heteroatoms. The number of hydrogen-bond donors (Lipinski definition) is 0. The van der Waals surface area contributed by atoms with Gasteiger partial charge in [-0.05, 0) is 42.2 Å². The number of carbonyl (C=O) groups is 1. The second-order valence-electron chi connectivity index (χ2n) is 5.65. The summed E-state index contributed by atoms with van der Waals surface area (Å²) < 4.78 is 27.0. The first-order chi connectivity index (χ1) is 10.6. The van der Waals surface area contributed by atoms with Gasteiger partial charge in [0.2, 0.25) is 5.91 Å². The number of amides is 1. The van der Waals surface area contributed by atoms with Gasteiger partial charge < -0.3 is 4.90 Å². The molecular weight excluding hydrogens is 284 g/mol. The minimum absolute atomic E-state index is 0.0402. The summed E-state index contributed by atoms with van der Waals surface area (Å²) in [6, 6.07) is 12.8. The zero-order valence-corrected chi connectivity index (χ0v) is 12.1. The highest BCUT2D eigenvalue weighted by molar-refractivity contribution is 5.79. The number of rotatable bonds is 5. The molecule has 0 aliphatic heterocycles. The van der Waals surface area contributed by atoms with Crippen LogP contribution in [-0.2, 0) is 17.8 Å². The highest BCUT2D eigenvalue weighted by Gasteiger charge is 2.32. The van der Waals surface area contributed by atoms with Crippen LogP contribution in [0.5, 0.6) is 0 Å². The van der Waals surface area contributed by atoms with Crippen molar-refractivity contribution in [3.8, 4) is 0 Å². The lowest BCUT2D eigenvalue weighted by Gasteiger charge is -2.23. The molecule has 0 bridgehead atoms. The summed E-state index contributed by atoms with van der Waals surface area (Å²) in [4.78, 5) is 14.2. The fourth-order valence-corrected chi connectivity index (χ4v) is 2.55. The highest BCUT2D eigenvalue weighted by Crippen LogP contribution is 2.29. The van der Waals surface area contributed by atoms with Crippen molar-refractivity contribution in [3.05, 3.63) is 71.3 Å². The number of benzene rings is 2. The zero-order chi connectivity index (χ0) is 15.5. The third-order valence-corrected chi connectivity index (χ3v) is 3.85. The predicted molar refractivity (Wildman–Crippen MR) is 80.1 cm³/mol. The first-order valence-corrected chi connectivity index (χ1v) is 7.41. The highest BCUT2D eigenvalue weighted by atomic mass is 19.1. The molecule has 1 saturated carbocycles. The minimum atomic E-state index is -0.364. The van der Waals surface area contributed by atoms with Gasteiger partial charge in [-0.15, -0.1) is 0 Å². The molecule has 2 nitrogen and oxygen atoms in total. The molecule has 1 fully saturated rings. The summed E-state index contributed by atoms with van der Waals surface area (Å²) in [6.07, 6.45) is 1.95. The topological polar surface area (TPSA) is 20.3 Å². The average Bonchev–Trinajstić information content (AvgIpc) is 3.32. The van der Waals surface area contributed by atoms with E-state index in [1.54, 1.807) is 35.2 Å². The van der Waals surface area contributed by atoms with E-state index in [2.05, 4.69) is 0 Å². The van der Waals surface area contributed by atoms with Crippen molar-refractivity contribution in [2.75, 3.05) is 0 Å². The van der Waals surface area contributed by atoms with Crippen molar-refractivity contribution >= 4 is 5.91 Å². The van der Waals surface area contributed by atoms with Crippen molar-refractivity contribution < 1.29 is 13.6 Å². The quantitative estimate of drug-likeness (QED) is 0.824. The van der Waals surface area contributed by atoms with E-state index >= 15 is 0 Å². The number of halogens is 2. The van der Waals surface area contributed by atoms with Crippen LogP contribution in [0.4, 0.5) is 8.78 Å². The molecule has 1 aliphatic carbocycles. The van der Waals surface area contributed by atoms with Gasteiger partial charge in [-0.25, -0.2) is 8.78 Å². The molecule has 0 heterocycles. The van der Waals surface area contributed by atoms with Gasteiger partial charge in [0.05, 0.1) is 6.42 Å². The molecule has 1 amide bonds. The van der Waals surface area contributed by atoms with Crippen LogP contribution in [0.3, 0.4) is 0 Å². The van der Waals surface area contributed by atoms with Gasteiger partial charge in [0.25, 0.3) is 0 Å². The Hall–Kier alpha value is -2.23. The van der Waals surface area contributed by atoms with Crippen LogP contribution in [0.1, 0.15) is 24.0 Å². The minimum Gasteiger partial charge on any atom is -0.335 e. The van der Waals surface area contributed by atoms with Gasteiger partial charge in [0, 0.05) is 12.6 Å². The summed E-state index contributed by atoms with van der Waals surface area (Å²) >= 11 is 0. The molecular formula is C18H17F2NO. The fraction of sp³-hybridized carbons (Fsp3) is 0.278. The first kappa shape index (κ1) is 14.7. The van der Waals surface area contributed by atoms with Crippen molar-refractivity contribution in [1.82, 2.24) is 4.90 Å². The summed E-state index contributed by atoms with van der Waals surface area (Å²) in [5.41, 5.74) is 1.16. The second-order valence-corrected chi connectivity index (χ2v) is 5.65. The van der Waals surface area contributed by atoms with Gasteiger partial charge in [-0.3, -0.25) is 4.79 Å². The summed E-state index contributed by atoms with van der Waals surface area (Å²) in [6.45, 7) is 0.371. The van der Waals surface area contributed by atoms with Crippen LogP contribution in [0, 0.1) is 11.6 Å². The van der Waals surface area contributed by atoms with E-state index in [0.29, 0.717) is 12.1 Å². The summed E-state index contributed by atoms with van der Waals surface area (Å²) in [7, 11) is 0. The molecule has 0 spiro atoms. The van der Waals surface area contributed by atoms with Crippen molar-refractivity contribution in [1.29, 1.82) is 0 Å². The van der Waals surface area contributed by atoms with Gasteiger partial charge in [-0.2, -0.15) is 0 Å². The van der Waals surface area contributed by atoms with E-state index in [1.807, 2.05) is 0 Å². The standard InChI is InChI=1S/C18H17F2NO/c19-15-6-3-4-13(10-15)12-21(16-8-9-16)18(22)11-14-5-1-2-7-17(14)20/h1-7,10,16H,8-9,11-12H2. The molecule has 0 atom stereocenters. The van der Waals surface area contributed by atoms with E-state index in [1.165, 1.54) is 18.2 Å². The monoisotopic (exact) mass is 301 g/mol. The van der Waals surface area contributed by atoms with E-state index < -0.39 is 0 Å². The van der Waals surface area contributed by atoms with Crippen LogP contribution >= 0.6 is 0 Å². The normalized spacial score (nSPS) is 13.9. The van der Waals surface area contributed by atoms with Gasteiger partial charge in [0.15, 0.2) is 0 Å². The summed E-state index contributed by atoms with van der Waals surface area (Å²) in [5.74, 6) is -0.788. The fourth-order valence-electron chi connectivity index (χ4n) is 2.55. The second kappa shape index (κ2) is 6.26. The van der Waals surface area contributed by atoms with Crippen LogP contribution in [0.2, 0.25) is 0 Å². The number of hydrogen-bond acceptors (Lipinski definition) is 1. The summed E-state index contributed by atoms with van der Waals surface area (Å²) in [5, 5.41) is 0. The Bertz CT molecular complexity index is 682. The molecule has 1 aliphatic rings. The molecule has 3 rings (SSSR count). The third kappa shape index (κ3) is 3.50. The Morgan fingerprint density at radius 1 is 1.09 bits per heavy atom. The molecule has 114 valence electrons. The lowest BCUT2D eigenvalue weighted by Crippen LogP contribution is -2.34. The zero-order valence-electron chi connectivity index (χ0n) is 12.1. The molecule has 0 N–H and O–H groups in total. The Labute approximate surface area is 128 Å². The lowest BCUT2D eigenvalue weighted by atomic mass is 10.1. The van der Waals surface area contributed by atoms with E-state index in [-0.39, 0.29) is 30.0 Å². The number of carbonyl (C=O) groups excluding carboxylic acids is 1. The third-order valence-electron chi connectivity index (χ3n) is 3.85. The van der Waals surface area contributed by atoms with Crippen molar-refractivity contribution in [2.24, 2.45) is 0 Å². The van der Waals surface area contributed by atoms with E-state index in [9.17, 15) is 13.6 Å². The Morgan fingerprint density at radius 2 is 1.86 bits per heavy atom. The van der Waals surface area contributed by atoms with E-state index in [0.717, 1.165) is 18.4 Å². The SMILES string of the molecule is O=C(Cc1ccccc1F)N(Cc1cccc(F)c1)C1CC1. The van der Waals surface area contributed by atoms with Crippen LogP contribution in [0.25, 0.3) is 0 Å². The maximum atomic E-state index is 13.7. The van der Waals surface area contributed by atoms with E-state index in [4.69, 9.17) is 0 Å². The van der Waals surface area contributed by atoms with Crippen LogP contribution in [-0.4, -0.2) is 16.8 Å². The molecule has 0 unspecified atom stereocenters. The van der Waals surface area contributed by atoms with Crippen LogP contribution < -0.4 is 0 Å².